The van der Waals surface area contributed by atoms with Crippen LogP contribution in [-0.4, -0.2) is 59.0 Å². The van der Waals surface area contributed by atoms with Gasteiger partial charge in [0.2, 0.25) is 0 Å². The van der Waals surface area contributed by atoms with E-state index in [1.807, 2.05) is 48.5 Å². The van der Waals surface area contributed by atoms with Crippen molar-refractivity contribution in [3.8, 4) is 35.2 Å². The molecule has 7 N–H and O–H groups in total. The Labute approximate surface area is 369 Å². The van der Waals surface area contributed by atoms with Crippen molar-refractivity contribution in [2.75, 3.05) is 19.8 Å². The van der Waals surface area contributed by atoms with Crippen LogP contribution in [0.25, 0.3) is 0 Å². The average Bonchev–Trinajstić information content (AvgIpc) is 3.91. The number of nitrogens with two attached hydrogens (primary N) is 2. The van der Waals surface area contributed by atoms with Crippen LogP contribution >= 0.6 is 0 Å². The van der Waals surface area contributed by atoms with Gasteiger partial charge in [0.15, 0.2) is 0 Å². The first-order valence-corrected chi connectivity index (χ1v) is 22.7. The second-order valence-electron chi connectivity index (χ2n) is 17.5. The maximum atomic E-state index is 11.0. The van der Waals surface area contributed by atoms with Gasteiger partial charge in [-0.15, -0.1) is 11.8 Å². The van der Waals surface area contributed by atoms with Crippen LogP contribution in [0.5, 0.6) is 11.5 Å². The lowest BCUT2D eigenvalue weighted by atomic mass is 9.75. The van der Waals surface area contributed by atoms with E-state index in [4.69, 9.17) is 36.3 Å². The highest BCUT2D eigenvalue weighted by molar-refractivity contribution is 5.73. The summed E-state index contributed by atoms with van der Waals surface area (Å²) in [5.74, 6) is 10.1. The van der Waals surface area contributed by atoms with Gasteiger partial charge in [-0.1, -0.05) is 80.4 Å². The number of rotatable bonds is 17. The Kier molecular flexibility index (Phi) is 20.6. The van der Waals surface area contributed by atoms with E-state index in [0.29, 0.717) is 37.0 Å². The topological polar surface area (TPSA) is 182 Å². The van der Waals surface area contributed by atoms with Gasteiger partial charge in [0.25, 0.3) is 0 Å². The third-order valence-corrected chi connectivity index (χ3v) is 12.7. The molecule has 0 heterocycles. The van der Waals surface area contributed by atoms with Crippen molar-refractivity contribution in [2.45, 2.75) is 154 Å². The molecule has 0 aromatic heterocycles. The monoisotopic (exact) mass is 851 g/mol. The largest absolute Gasteiger partial charge is 0.489 e. The second kappa shape index (κ2) is 25.8. The van der Waals surface area contributed by atoms with E-state index in [-0.39, 0.29) is 24.7 Å². The summed E-state index contributed by atoms with van der Waals surface area (Å²) >= 11 is 0. The molecule has 3 atom stereocenters. The van der Waals surface area contributed by atoms with Gasteiger partial charge in [-0.05, 0) is 155 Å². The highest BCUT2D eigenvalue weighted by atomic mass is 16.5. The average molecular weight is 851 g/mol. The summed E-state index contributed by atoms with van der Waals surface area (Å²) in [4.78, 5) is 32.2. The van der Waals surface area contributed by atoms with Gasteiger partial charge < -0.3 is 36.3 Å². The van der Waals surface area contributed by atoms with Gasteiger partial charge in [-0.2, -0.15) is 0 Å². The number of unbranched alkanes of at least 4 members (excludes halogenated alkanes) is 1. The molecule has 0 amide bonds. The normalized spacial score (nSPS) is 18.3. The summed E-state index contributed by atoms with van der Waals surface area (Å²) in [7, 11) is 0. The van der Waals surface area contributed by atoms with Gasteiger partial charge in [0, 0.05) is 0 Å². The van der Waals surface area contributed by atoms with Crippen LogP contribution < -0.4 is 20.9 Å². The minimum absolute atomic E-state index is 0.0238. The molecule has 0 unspecified atom stereocenters. The quantitative estimate of drug-likeness (QED) is 0.0583. The van der Waals surface area contributed by atoms with Gasteiger partial charge in [0.05, 0.1) is 24.7 Å². The Hall–Kier alpha value is -5.03. The number of allylic oxidation sites excluding steroid dienone is 2. The lowest BCUT2D eigenvalue weighted by Crippen LogP contribution is -2.29. The van der Waals surface area contributed by atoms with Crippen molar-refractivity contribution in [1.82, 2.24) is 0 Å². The van der Waals surface area contributed by atoms with Crippen LogP contribution in [0.15, 0.2) is 71.8 Å². The van der Waals surface area contributed by atoms with Crippen molar-refractivity contribution in [3.63, 3.8) is 0 Å². The summed E-state index contributed by atoms with van der Waals surface area (Å²) in [6.07, 6.45) is 25.6. The lowest BCUT2D eigenvalue weighted by molar-refractivity contribution is -0.139. The molecule has 62 heavy (non-hydrogen) atoms. The zero-order chi connectivity index (χ0) is 44.8. The molecular formula is C52H70N2O8. The summed E-state index contributed by atoms with van der Waals surface area (Å²) in [6.45, 7) is 5.40. The van der Waals surface area contributed by atoms with E-state index < -0.39 is 23.9 Å². The van der Waals surface area contributed by atoms with Crippen LogP contribution in [-0.2, 0) is 14.4 Å². The van der Waals surface area contributed by atoms with Crippen molar-refractivity contribution in [3.05, 3.63) is 83.0 Å². The minimum atomic E-state index is -0.933. The minimum Gasteiger partial charge on any atom is -0.489 e. The number of aliphatic carboxylic acids is 3. The highest BCUT2D eigenvalue weighted by Gasteiger charge is 2.35. The number of benzene rings is 2. The Morgan fingerprint density at radius 1 is 0.629 bits per heavy atom. The molecule has 0 radical (unpaired) electrons. The summed E-state index contributed by atoms with van der Waals surface area (Å²) < 4.78 is 12.0. The fourth-order valence-corrected chi connectivity index (χ4v) is 9.44. The predicted octanol–water partition coefficient (Wildman–Crippen LogP) is 10.2. The molecular weight excluding hydrogens is 781 g/mol. The van der Waals surface area contributed by atoms with Crippen LogP contribution in [0.2, 0.25) is 0 Å². The molecule has 336 valence electrons. The van der Waals surface area contributed by atoms with Crippen LogP contribution in [0, 0.1) is 34.5 Å². The number of carbonyl (C=O) groups is 3. The molecule has 0 saturated heterocycles. The maximum Gasteiger partial charge on any atom is 0.320 e. The van der Waals surface area contributed by atoms with Gasteiger partial charge in [0.1, 0.15) is 30.8 Å². The first-order valence-electron chi connectivity index (χ1n) is 22.7. The SMILES string of the molecule is CC#C[C@@H](CC(=O)O)c1ccc(OCC2=CC3(CCCC3)CCC2)cc1.CC#C[C@@H](CC(=O)O)c1ccc(OCC2=CC3(CCCC3)CCC2)cc1.NCCCC[C@H](N)C(=O)O. The summed E-state index contributed by atoms with van der Waals surface area (Å²) in [5, 5.41) is 26.4. The second-order valence-corrected chi connectivity index (χ2v) is 17.5. The Morgan fingerprint density at radius 2 is 1.02 bits per heavy atom. The molecule has 10 heteroatoms. The number of hydrogen-bond donors (Lipinski definition) is 5. The van der Waals surface area contributed by atoms with Gasteiger partial charge >= 0.3 is 17.9 Å². The zero-order valence-electron chi connectivity index (χ0n) is 37.1. The molecule has 6 rings (SSSR count). The van der Waals surface area contributed by atoms with Crippen LogP contribution in [0.4, 0.5) is 0 Å². The Bertz CT molecular complexity index is 1790. The molecule has 2 spiro atoms. The van der Waals surface area contributed by atoms with Gasteiger partial charge in [-0.3, -0.25) is 14.4 Å². The molecule has 4 aliphatic rings. The molecule has 2 saturated carbocycles. The highest BCUT2D eigenvalue weighted by Crippen LogP contribution is 2.48. The van der Waals surface area contributed by atoms with Crippen LogP contribution in [0.1, 0.15) is 159 Å². The molecule has 2 aromatic rings. The molecule has 2 fully saturated rings. The smallest absolute Gasteiger partial charge is 0.320 e. The van der Waals surface area contributed by atoms with Crippen molar-refractivity contribution in [1.29, 1.82) is 0 Å². The van der Waals surface area contributed by atoms with E-state index in [2.05, 4.69) is 35.8 Å². The van der Waals surface area contributed by atoms with E-state index in [1.165, 1.54) is 88.2 Å². The lowest BCUT2D eigenvalue weighted by Gasteiger charge is -2.31. The number of ether oxygens (including phenoxy) is 2. The van der Waals surface area contributed by atoms with E-state index >= 15 is 0 Å². The first-order chi connectivity index (χ1) is 29.9. The molecule has 0 aliphatic heterocycles. The summed E-state index contributed by atoms with van der Waals surface area (Å²) in [6, 6.07) is 14.7. The molecule has 0 bridgehead atoms. The van der Waals surface area contributed by atoms with E-state index in [9.17, 15) is 14.4 Å². The third kappa shape index (κ3) is 16.7. The predicted molar refractivity (Wildman–Crippen MR) is 245 cm³/mol. The number of hydrogen-bond acceptors (Lipinski definition) is 7. The Balaban J connectivity index is 0.000000225. The van der Waals surface area contributed by atoms with Crippen molar-refractivity contribution in [2.24, 2.45) is 22.3 Å². The maximum absolute atomic E-state index is 11.0. The van der Waals surface area contributed by atoms with Crippen LogP contribution in [0.3, 0.4) is 0 Å². The molecule has 4 aliphatic carbocycles. The molecule has 10 nitrogen and oxygen atoms in total. The van der Waals surface area contributed by atoms with Gasteiger partial charge in [-0.25, -0.2) is 0 Å². The number of carboxylic acids is 3. The first kappa shape index (κ1) is 49.6. The fourth-order valence-electron chi connectivity index (χ4n) is 9.44. The summed E-state index contributed by atoms with van der Waals surface area (Å²) in [5.41, 5.74) is 16.1. The standard InChI is InChI=1S/2C23H28O3.C6H14N2O2/c2*1-2-6-20(15-22(24)25)19-8-10-21(11-9-19)26-17-18-7-5-14-23(16-18)12-3-4-13-23;7-4-2-1-3-5(8)6(9)10/h2*8-11,16,20H,3-5,7,12-15,17H2,1H3,(H,24,25);5H,1-4,7-8H2,(H,9,10)/t2*20-;5-/m000/s1. The van der Waals surface area contributed by atoms with E-state index in [0.717, 1.165) is 48.3 Å². The van der Waals surface area contributed by atoms with Crippen molar-refractivity contribution < 1.29 is 39.2 Å². The Morgan fingerprint density at radius 3 is 1.35 bits per heavy atom. The molecule has 2 aromatic carbocycles. The van der Waals surface area contributed by atoms with E-state index in [1.54, 1.807) is 13.8 Å². The number of carboxylic acid groups (broad SMARTS) is 3. The van der Waals surface area contributed by atoms with Crippen molar-refractivity contribution >= 4 is 17.9 Å². The zero-order valence-corrected chi connectivity index (χ0v) is 37.1. The third-order valence-electron chi connectivity index (χ3n) is 12.7. The fraction of sp³-hybridized carbons (Fsp3) is 0.558.